The van der Waals surface area contributed by atoms with E-state index in [9.17, 15) is 4.79 Å². The highest BCUT2D eigenvalue weighted by Gasteiger charge is 1.97. The molecular weight excluding hydrogens is 166 g/mol. The number of amides is 1. The molecule has 0 atom stereocenters. The molecule has 0 aromatic rings. The van der Waals surface area contributed by atoms with Crippen molar-refractivity contribution in [3.05, 3.63) is 0 Å². The van der Waals surface area contributed by atoms with Gasteiger partial charge in [0.1, 0.15) is 0 Å². The van der Waals surface area contributed by atoms with Gasteiger partial charge in [-0.05, 0) is 19.1 Å². The van der Waals surface area contributed by atoms with E-state index in [1.165, 1.54) is 0 Å². The number of hydrazine groups is 1. The maximum absolute atomic E-state index is 10.6. The van der Waals surface area contributed by atoms with Crippen molar-refractivity contribution >= 4 is 23.4 Å². The molecule has 0 fully saturated rings. The molecule has 64 valence electrons. The van der Waals surface area contributed by atoms with E-state index in [1.807, 2.05) is 0 Å². The van der Waals surface area contributed by atoms with Crippen LogP contribution in [0.15, 0.2) is 0 Å². The van der Waals surface area contributed by atoms with Crippen molar-refractivity contribution in [3.8, 4) is 0 Å². The van der Waals surface area contributed by atoms with E-state index < -0.39 is 6.09 Å². The quantitative estimate of drug-likeness (QED) is 0.380. The van der Waals surface area contributed by atoms with Crippen molar-refractivity contribution in [1.82, 2.24) is 16.2 Å². The first kappa shape index (κ1) is 9.96. The lowest BCUT2D eigenvalue weighted by atomic mass is 10.9. The lowest BCUT2D eigenvalue weighted by Gasteiger charge is -2.07. The molecule has 0 aromatic heterocycles. The number of hydrogen-bond acceptors (Lipinski definition) is 3. The summed E-state index contributed by atoms with van der Waals surface area (Å²) in [7, 11) is 1.64. The van der Waals surface area contributed by atoms with E-state index in [2.05, 4.69) is 33.1 Å². The monoisotopic (exact) mass is 177 g/mol. The Morgan fingerprint density at radius 1 is 1.55 bits per heavy atom. The van der Waals surface area contributed by atoms with Crippen LogP contribution in [0.25, 0.3) is 0 Å². The minimum Gasteiger partial charge on any atom is -0.449 e. The predicted molar refractivity (Wildman–Crippen MR) is 45.0 cm³/mol. The zero-order chi connectivity index (χ0) is 8.69. The Balaban J connectivity index is 3.38. The standard InChI is InChI=1S/C5H11N3O2S/c1-3-10-5(9)8-7-4(11)6-2/h3H2,1-2H3,(H,8,9)(H2,6,7,11). The van der Waals surface area contributed by atoms with E-state index in [-0.39, 0.29) is 0 Å². The summed E-state index contributed by atoms with van der Waals surface area (Å²) in [6.45, 7) is 2.05. The summed E-state index contributed by atoms with van der Waals surface area (Å²) in [5, 5.41) is 2.94. The van der Waals surface area contributed by atoms with Gasteiger partial charge >= 0.3 is 6.09 Å². The van der Waals surface area contributed by atoms with Gasteiger partial charge in [0.15, 0.2) is 5.11 Å². The molecule has 3 N–H and O–H groups in total. The summed E-state index contributed by atoms with van der Waals surface area (Å²) in [4.78, 5) is 10.6. The van der Waals surface area contributed by atoms with Gasteiger partial charge in [-0.3, -0.25) is 5.43 Å². The van der Waals surface area contributed by atoms with Crippen LogP contribution in [0, 0.1) is 0 Å². The van der Waals surface area contributed by atoms with Crippen LogP contribution in [0.5, 0.6) is 0 Å². The second-order valence-corrected chi connectivity index (χ2v) is 1.96. The Labute approximate surface area is 70.5 Å². The smallest absolute Gasteiger partial charge is 0.425 e. The molecule has 0 spiro atoms. The summed E-state index contributed by atoms with van der Waals surface area (Å²) in [6, 6.07) is 0. The lowest BCUT2D eigenvalue weighted by molar-refractivity contribution is 0.150. The van der Waals surface area contributed by atoms with E-state index in [0.29, 0.717) is 11.7 Å². The third kappa shape index (κ3) is 5.41. The first-order chi connectivity index (χ1) is 5.20. The highest BCUT2D eigenvalue weighted by Crippen LogP contribution is 1.72. The van der Waals surface area contributed by atoms with Gasteiger partial charge in [0, 0.05) is 7.05 Å². The zero-order valence-electron chi connectivity index (χ0n) is 6.43. The molecule has 6 heteroatoms. The predicted octanol–water partition coefficient (Wildman–Crippen LogP) is -0.259. The van der Waals surface area contributed by atoms with Crippen molar-refractivity contribution in [3.63, 3.8) is 0 Å². The van der Waals surface area contributed by atoms with E-state index >= 15 is 0 Å². The normalized spacial score (nSPS) is 8.18. The van der Waals surface area contributed by atoms with Gasteiger partial charge in [-0.1, -0.05) is 0 Å². The fraction of sp³-hybridized carbons (Fsp3) is 0.600. The maximum atomic E-state index is 10.6. The Bertz CT molecular complexity index is 151. The molecule has 0 rings (SSSR count). The summed E-state index contributed by atoms with van der Waals surface area (Å²) in [5.41, 5.74) is 4.63. The molecule has 1 amide bonds. The van der Waals surface area contributed by atoms with Crippen LogP contribution in [0.1, 0.15) is 6.92 Å². The van der Waals surface area contributed by atoms with Crippen LogP contribution in [0.2, 0.25) is 0 Å². The third-order valence-corrected chi connectivity index (χ3v) is 1.09. The summed E-state index contributed by atoms with van der Waals surface area (Å²) in [5.74, 6) is 0. The fourth-order valence-corrected chi connectivity index (χ4v) is 0.389. The molecule has 0 aliphatic carbocycles. The van der Waals surface area contributed by atoms with Gasteiger partial charge in [-0.25, -0.2) is 10.2 Å². The fourth-order valence-electron chi connectivity index (χ4n) is 0.337. The summed E-state index contributed by atoms with van der Waals surface area (Å²) in [6.07, 6.45) is -0.551. The number of hydrogen-bond donors (Lipinski definition) is 3. The van der Waals surface area contributed by atoms with Crippen LogP contribution in [0.3, 0.4) is 0 Å². The van der Waals surface area contributed by atoms with Crippen molar-refractivity contribution in [1.29, 1.82) is 0 Å². The topological polar surface area (TPSA) is 62.4 Å². The molecule has 0 radical (unpaired) electrons. The van der Waals surface area contributed by atoms with Crippen molar-refractivity contribution in [2.45, 2.75) is 6.92 Å². The van der Waals surface area contributed by atoms with Gasteiger partial charge in [0.25, 0.3) is 0 Å². The molecule has 0 heterocycles. The van der Waals surface area contributed by atoms with Gasteiger partial charge in [0.05, 0.1) is 6.61 Å². The Kier molecular flexibility index (Phi) is 5.18. The van der Waals surface area contributed by atoms with E-state index in [1.54, 1.807) is 14.0 Å². The lowest BCUT2D eigenvalue weighted by Crippen LogP contribution is -2.45. The average molecular weight is 177 g/mol. The second kappa shape index (κ2) is 5.72. The summed E-state index contributed by atoms with van der Waals surface area (Å²) < 4.78 is 4.54. The molecule has 11 heavy (non-hydrogen) atoms. The number of carbonyl (C=O) groups excluding carboxylic acids is 1. The molecular formula is C5H11N3O2S. The molecule has 0 aliphatic rings. The first-order valence-corrected chi connectivity index (χ1v) is 3.52. The largest absolute Gasteiger partial charge is 0.449 e. The molecule has 5 nitrogen and oxygen atoms in total. The van der Waals surface area contributed by atoms with E-state index in [0.717, 1.165) is 0 Å². The van der Waals surface area contributed by atoms with Gasteiger partial charge < -0.3 is 10.1 Å². The van der Waals surface area contributed by atoms with E-state index in [4.69, 9.17) is 0 Å². The number of nitrogens with one attached hydrogen (secondary N) is 3. The summed E-state index contributed by atoms with van der Waals surface area (Å²) >= 11 is 4.67. The SMILES string of the molecule is CCOC(=O)NNC(=S)NC. The number of thiocarbonyl (C=S) groups is 1. The average Bonchev–Trinajstić information content (AvgIpc) is 2.01. The molecule has 0 aromatic carbocycles. The highest BCUT2D eigenvalue weighted by molar-refractivity contribution is 7.80. The highest BCUT2D eigenvalue weighted by atomic mass is 32.1. The van der Waals surface area contributed by atoms with Crippen LogP contribution in [0.4, 0.5) is 4.79 Å². The van der Waals surface area contributed by atoms with Crippen LogP contribution < -0.4 is 16.2 Å². The van der Waals surface area contributed by atoms with Crippen LogP contribution >= 0.6 is 12.2 Å². The van der Waals surface area contributed by atoms with Gasteiger partial charge in [-0.15, -0.1) is 0 Å². The molecule has 0 saturated carbocycles. The minimum atomic E-state index is -0.551. The van der Waals surface area contributed by atoms with Crippen molar-refractivity contribution < 1.29 is 9.53 Å². The maximum Gasteiger partial charge on any atom is 0.425 e. The Morgan fingerprint density at radius 2 is 2.18 bits per heavy atom. The molecule has 0 aliphatic heterocycles. The van der Waals surface area contributed by atoms with Crippen LogP contribution in [-0.2, 0) is 4.74 Å². The zero-order valence-corrected chi connectivity index (χ0v) is 7.25. The first-order valence-electron chi connectivity index (χ1n) is 3.11. The molecule has 0 unspecified atom stereocenters. The number of ether oxygens (including phenoxy) is 1. The Morgan fingerprint density at radius 3 is 2.64 bits per heavy atom. The van der Waals surface area contributed by atoms with Crippen molar-refractivity contribution in [2.24, 2.45) is 0 Å². The number of rotatable bonds is 1. The second-order valence-electron chi connectivity index (χ2n) is 1.55. The minimum absolute atomic E-state index is 0.332. The number of carbonyl (C=O) groups is 1. The van der Waals surface area contributed by atoms with Gasteiger partial charge in [0.2, 0.25) is 0 Å². The van der Waals surface area contributed by atoms with Gasteiger partial charge in [-0.2, -0.15) is 0 Å². The Hall–Kier alpha value is -1.04. The molecule has 0 saturated heterocycles. The van der Waals surface area contributed by atoms with Crippen molar-refractivity contribution in [2.75, 3.05) is 13.7 Å². The van der Waals surface area contributed by atoms with Crippen LogP contribution in [-0.4, -0.2) is 24.9 Å². The third-order valence-electron chi connectivity index (χ3n) is 0.781. The molecule has 0 bridgehead atoms.